The third-order valence-electron chi connectivity index (χ3n) is 2.16. The maximum atomic E-state index is 11.6. The molecule has 5 nitrogen and oxygen atoms in total. The van der Waals surface area contributed by atoms with Crippen molar-refractivity contribution in [2.45, 2.75) is 39.4 Å². The summed E-state index contributed by atoms with van der Waals surface area (Å²) in [5.41, 5.74) is -0.441. The van der Waals surface area contributed by atoms with Crippen molar-refractivity contribution in [2.24, 2.45) is 0 Å². The van der Waals surface area contributed by atoms with Gasteiger partial charge in [0, 0.05) is 33.8 Å². The number of amides is 1. The Kier molecular flexibility index (Phi) is 7.15. The lowest BCUT2D eigenvalue weighted by atomic mass is 10.2. The van der Waals surface area contributed by atoms with E-state index in [4.69, 9.17) is 9.47 Å². The van der Waals surface area contributed by atoms with E-state index in [1.54, 1.807) is 19.1 Å². The van der Waals surface area contributed by atoms with Gasteiger partial charge in [0.15, 0.2) is 0 Å². The minimum atomic E-state index is -0.441. The van der Waals surface area contributed by atoms with E-state index in [1.165, 1.54) is 0 Å². The zero-order valence-corrected chi connectivity index (χ0v) is 11.9. The van der Waals surface area contributed by atoms with Crippen LogP contribution in [0.3, 0.4) is 0 Å². The number of ether oxygens (including phenoxy) is 2. The van der Waals surface area contributed by atoms with E-state index in [1.807, 2.05) is 27.7 Å². The summed E-state index contributed by atoms with van der Waals surface area (Å²) in [6, 6.07) is 0. The Morgan fingerprint density at radius 1 is 1.41 bits per heavy atom. The zero-order valence-electron chi connectivity index (χ0n) is 11.9. The van der Waals surface area contributed by atoms with E-state index < -0.39 is 5.60 Å². The van der Waals surface area contributed by atoms with Crippen LogP contribution in [0.15, 0.2) is 0 Å². The van der Waals surface area contributed by atoms with Crippen LogP contribution in [0.2, 0.25) is 0 Å². The largest absolute Gasteiger partial charge is 0.444 e. The molecule has 1 atom stereocenters. The van der Waals surface area contributed by atoms with Crippen molar-refractivity contribution in [3.8, 4) is 0 Å². The van der Waals surface area contributed by atoms with Crippen LogP contribution in [-0.2, 0) is 9.47 Å². The number of hydrogen-bond donors (Lipinski definition) is 1. The van der Waals surface area contributed by atoms with Crippen LogP contribution < -0.4 is 5.32 Å². The van der Waals surface area contributed by atoms with Crippen LogP contribution in [0.4, 0.5) is 4.79 Å². The molecule has 0 aliphatic heterocycles. The highest BCUT2D eigenvalue weighted by atomic mass is 16.6. The van der Waals surface area contributed by atoms with Crippen LogP contribution >= 0.6 is 0 Å². The number of methoxy groups -OCH3 is 1. The van der Waals surface area contributed by atoms with Gasteiger partial charge in [-0.1, -0.05) is 0 Å². The van der Waals surface area contributed by atoms with E-state index in [-0.39, 0.29) is 12.2 Å². The molecule has 0 aromatic rings. The van der Waals surface area contributed by atoms with E-state index in [0.717, 1.165) is 13.1 Å². The topological polar surface area (TPSA) is 50.8 Å². The third-order valence-corrected chi connectivity index (χ3v) is 2.16. The molecule has 0 aromatic heterocycles. The average Bonchev–Trinajstić information content (AvgIpc) is 2.21. The summed E-state index contributed by atoms with van der Waals surface area (Å²) in [6.07, 6.45) is -0.110. The summed E-state index contributed by atoms with van der Waals surface area (Å²) in [7, 11) is 3.41. The van der Waals surface area contributed by atoms with Crippen molar-refractivity contribution in [3.63, 3.8) is 0 Å². The quantitative estimate of drug-likeness (QED) is 0.721. The van der Waals surface area contributed by atoms with Crippen molar-refractivity contribution in [3.05, 3.63) is 0 Å². The summed E-state index contributed by atoms with van der Waals surface area (Å²) in [4.78, 5) is 13.2. The maximum Gasteiger partial charge on any atom is 0.410 e. The van der Waals surface area contributed by atoms with E-state index in [2.05, 4.69) is 5.32 Å². The number of hydrogen-bond acceptors (Lipinski definition) is 4. The SMILES string of the molecule is COC(C)CNCCN(C)C(=O)OC(C)(C)C. The van der Waals surface area contributed by atoms with Crippen molar-refractivity contribution >= 4 is 6.09 Å². The van der Waals surface area contributed by atoms with Gasteiger partial charge in [-0.2, -0.15) is 0 Å². The Bertz CT molecular complexity index is 226. The van der Waals surface area contributed by atoms with Crippen LogP contribution in [-0.4, -0.2) is 56.5 Å². The fourth-order valence-corrected chi connectivity index (χ4v) is 1.07. The van der Waals surface area contributed by atoms with Gasteiger partial charge in [-0.3, -0.25) is 0 Å². The standard InChI is InChI=1S/C12H26N2O3/c1-10(16-6)9-13-7-8-14(5)11(15)17-12(2,3)4/h10,13H,7-9H2,1-6H3. The molecule has 0 fully saturated rings. The molecule has 0 aromatic carbocycles. The summed E-state index contributed by atoms with van der Waals surface area (Å²) >= 11 is 0. The number of nitrogens with one attached hydrogen (secondary N) is 1. The van der Waals surface area contributed by atoms with Crippen molar-refractivity contribution in [2.75, 3.05) is 33.8 Å². The third kappa shape index (κ3) is 8.94. The maximum absolute atomic E-state index is 11.6. The Balaban J connectivity index is 3.72. The first-order chi connectivity index (χ1) is 7.76. The monoisotopic (exact) mass is 246 g/mol. The van der Waals surface area contributed by atoms with E-state index >= 15 is 0 Å². The van der Waals surface area contributed by atoms with Crippen LogP contribution in [0.5, 0.6) is 0 Å². The molecule has 0 aliphatic rings. The van der Waals surface area contributed by atoms with Gasteiger partial charge in [0.25, 0.3) is 0 Å². The smallest absolute Gasteiger partial charge is 0.410 e. The Hall–Kier alpha value is -0.810. The summed E-state index contributed by atoms with van der Waals surface area (Å²) in [5, 5.41) is 3.21. The van der Waals surface area contributed by atoms with Gasteiger partial charge >= 0.3 is 6.09 Å². The van der Waals surface area contributed by atoms with E-state index in [0.29, 0.717) is 6.54 Å². The lowest BCUT2D eigenvalue weighted by molar-refractivity contribution is 0.0299. The zero-order chi connectivity index (χ0) is 13.5. The van der Waals surface area contributed by atoms with Crippen LogP contribution in [0, 0.1) is 0 Å². The van der Waals surface area contributed by atoms with E-state index in [9.17, 15) is 4.79 Å². The molecule has 1 unspecified atom stereocenters. The van der Waals surface area contributed by atoms with Crippen molar-refractivity contribution in [1.82, 2.24) is 10.2 Å². The molecule has 102 valence electrons. The highest BCUT2D eigenvalue weighted by molar-refractivity contribution is 5.67. The number of rotatable bonds is 6. The van der Waals surface area contributed by atoms with Gasteiger partial charge in [0.05, 0.1) is 6.10 Å². The van der Waals surface area contributed by atoms with Gasteiger partial charge < -0.3 is 19.7 Å². The molecule has 0 saturated carbocycles. The predicted molar refractivity (Wildman–Crippen MR) is 68.2 cm³/mol. The molecule has 0 bridgehead atoms. The second kappa shape index (κ2) is 7.50. The Morgan fingerprint density at radius 2 is 2.00 bits per heavy atom. The first-order valence-electron chi connectivity index (χ1n) is 5.94. The fraction of sp³-hybridized carbons (Fsp3) is 0.917. The molecule has 1 amide bonds. The molecule has 0 spiro atoms. The first kappa shape index (κ1) is 16.2. The normalized spacial score (nSPS) is 13.3. The van der Waals surface area contributed by atoms with Gasteiger partial charge in [-0.05, 0) is 27.7 Å². The Labute approximate surface area is 104 Å². The summed E-state index contributed by atoms with van der Waals surface area (Å²) in [6.45, 7) is 9.68. The van der Waals surface area contributed by atoms with Crippen LogP contribution in [0.1, 0.15) is 27.7 Å². The average molecular weight is 246 g/mol. The van der Waals surface area contributed by atoms with Gasteiger partial charge in [0.2, 0.25) is 0 Å². The fourth-order valence-electron chi connectivity index (χ4n) is 1.07. The predicted octanol–water partition coefficient (Wildman–Crippen LogP) is 1.48. The van der Waals surface area contributed by atoms with Crippen LogP contribution in [0.25, 0.3) is 0 Å². The minimum absolute atomic E-state index is 0.182. The molecule has 0 radical (unpaired) electrons. The molecule has 1 N–H and O–H groups in total. The highest BCUT2D eigenvalue weighted by Crippen LogP contribution is 2.08. The van der Waals surface area contributed by atoms with Crippen molar-refractivity contribution < 1.29 is 14.3 Å². The lowest BCUT2D eigenvalue weighted by Crippen LogP contribution is -2.39. The van der Waals surface area contributed by atoms with Gasteiger partial charge in [-0.15, -0.1) is 0 Å². The minimum Gasteiger partial charge on any atom is -0.444 e. The molecule has 0 rings (SSSR count). The molecular formula is C12H26N2O3. The molecule has 5 heteroatoms. The molecule has 0 saturated heterocycles. The number of carbonyl (C=O) groups excluding carboxylic acids is 1. The molecule has 17 heavy (non-hydrogen) atoms. The number of nitrogens with zero attached hydrogens (tertiary/aromatic N) is 1. The number of likely N-dealkylation sites (N-methyl/N-ethyl adjacent to an activating group) is 1. The van der Waals surface area contributed by atoms with Gasteiger partial charge in [0.1, 0.15) is 5.60 Å². The number of carbonyl (C=O) groups is 1. The first-order valence-corrected chi connectivity index (χ1v) is 5.94. The summed E-state index contributed by atoms with van der Waals surface area (Å²) in [5.74, 6) is 0. The van der Waals surface area contributed by atoms with Crippen molar-refractivity contribution in [1.29, 1.82) is 0 Å². The van der Waals surface area contributed by atoms with Gasteiger partial charge in [-0.25, -0.2) is 4.79 Å². The lowest BCUT2D eigenvalue weighted by Gasteiger charge is -2.24. The summed E-state index contributed by atoms with van der Waals surface area (Å²) < 4.78 is 10.3. The molecular weight excluding hydrogens is 220 g/mol. The molecule has 0 heterocycles. The molecule has 0 aliphatic carbocycles. The highest BCUT2D eigenvalue weighted by Gasteiger charge is 2.18. The second-order valence-corrected chi connectivity index (χ2v) is 5.15. The second-order valence-electron chi connectivity index (χ2n) is 5.15. The Morgan fingerprint density at radius 3 is 2.47 bits per heavy atom.